The number of carbonyl (C=O) groups is 1. The molecule has 0 radical (unpaired) electrons. The average molecular weight is 210 g/mol. The maximum absolute atomic E-state index is 10.9. The first kappa shape index (κ1) is 9.40. The number of carboxylic acid groups (broad SMARTS) is 1. The van der Waals surface area contributed by atoms with Crippen molar-refractivity contribution in [1.82, 2.24) is 0 Å². The summed E-state index contributed by atoms with van der Waals surface area (Å²) in [6.07, 6.45) is 0.635. The third-order valence-corrected chi connectivity index (χ3v) is 3.52. The highest BCUT2D eigenvalue weighted by atomic mass is 32.2. The van der Waals surface area contributed by atoms with Crippen LogP contribution in [0.15, 0.2) is 23.1 Å². The molecule has 0 saturated carbocycles. The summed E-state index contributed by atoms with van der Waals surface area (Å²) in [5, 5.41) is 18.5. The zero-order chi connectivity index (χ0) is 10.1. The smallest absolute Gasteiger partial charge is 0.311 e. The van der Waals surface area contributed by atoms with E-state index in [0.717, 1.165) is 16.2 Å². The molecular weight excluding hydrogens is 200 g/mol. The molecule has 0 spiro atoms. The molecule has 1 aromatic carbocycles. The molecule has 1 unspecified atom stereocenters. The van der Waals surface area contributed by atoms with Gasteiger partial charge in [0.2, 0.25) is 0 Å². The van der Waals surface area contributed by atoms with Crippen LogP contribution in [0, 0.1) is 0 Å². The molecule has 0 fully saturated rings. The van der Waals surface area contributed by atoms with Crippen molar-refractivity contribution in [2.24, 2.45) is 0 Å². The molecule has 0 amide bonds. The molecule has 1 heterocycles. The number of phenolic OH excluding ortho intramolecular Hbond substituents is 1. The summed E-state index contributed by atoms with van der Waals surface area (Å²) in [6.45, 7) is 0. The Labute approximate surface area is 85.8 Å². The van der Waals surface area contributed by atoms with Crippen molar-refractivity contribution in [3.8, 4) is 5.75 Å². The molecule has 0 saturated heterocycles. The summed E-state index contributed by atoms with van der Waals surface area (Å²) < 4.78 is 0. The predicted molar refractivity (Wildman–Crippen MR) is 53.8 cm³/mol. The maximum Gasteiger partial charge on any atom is 0.311 e. The minimum atomic E-state index is -0.808. The van der Waals surface area contributed by atoms with Crippen LogP contribution >= 0.6 is 11.8 Å². The quantitative estimate of drug-likeness (QED) is 0.744. The number of hydrogen-bond donors (Lipinski definition) is 2. The summed E-state index contributed by atoms with van der Waals surface area (Å²) in [7, 11) is 0. The van der Waals surface area contributed by atoms with Crippen LogP contribution in [0.1, 0.15) is 17.9 Å². The first-order chi connectivity index (χ1) is 6.70. The van der Waals surface area contributed by atoms with E-state index in [2.05, 4.69) is 0 Å². The van der Waals surface area contributed by atoms with E-state index in [-0.39, 0.29) is 5.75 Å². The Bertz CT molecular complexity index is 376. The number of phenols is 1. The topological polar surface area (TPSA) is 57.5 Å². The maximum atomic E-state index is 10.9. The Balaban J connectivity index is 2.49. The van der Waals surface area contributed by atoms with Gasteiger partial charge in [0.05, 0.1) is 10.8 Å². The molecule has 0 aromatic heterocycles. The molecule has 1 aliphatic heterocycles. The molecule has 1 aromatic rings. The SMILES string of the molecule is O=C(O)C1CCSc2c(O)cccc21. The summed E-state index contributed by atoms with van der Waals surface area (Å²) in [6, 6.07) is 5.06. The monoisotopic (exact) mass is 210 g/mol. The summed E-state index contributed by atoms with van der Waals surface area (Å²) in [4.78, 5) is 11.7. The Hall–Kier alpha value is -1.16. The van der Waals surface area contributed by atoms with Crippen molar-refractivity contribution in [2.45, 2.75) is 17.2 Å². The Morgan fingerprint density at radius 1 is 1.50 bits per heavy atom. The number of hydrogen-bond acceptors (Lipinski definition) is 3. The van der Waals surface area contributed by atoms with E-state index < -0.39 is 11.9 Å². The van der Waals surface area contributed by atoms with Gasteiger partial charge in [-0.15, -0.1) is 11.8 Å². The number of benzene rings is 1. The van der Waals surface area contributed by atoms with Gasteiger partial charge in [0.25, 0.3) is 0 Å². The average Bonchev–Trinajstić information content (AvgIpc) is 2.17. The van der Waals surface area contributed by atoms with Crippen molar-refractivity contribution >= 4 is 17.7 Å². The molecule has 14 heavy (non-hydrogen) atoms. The standard InChI is InChI=1S/C10H10O3S/c11-8-3-1-2-6-7(10(12)13)4-5-14-9(6)8/h1-3,7,11H,4-5H2,(H,12,13). The normalized spacial score (nSPS) is 20.1. The summed E-state index contributed by atoms with van der Waals surface area (Å²) in [5.74, 6) is -0.324. The van der Waals surface area contributed by atoms with Gasteiger partial charge in [-0.05, 0) is 23.8 Å². The lowest BCUT2D eigenvalue weighted by Crippen LogP contribution is -2.16. The lowest BCUT2D eigenvalue weighted by molar-refractivity contribution is -0.138. The van der Waals surface area contributed by atoms with Gasteiger partial charge in [-0.3, -0.25) is 4.79 Å². The van der Waals surface area contributed by atoms with Crippen LogP contribution in [0.3, 0.4) is 0 Å². The molecular formula is C10H10O3S. The zero-order valence-electron chi connectivity index (χ0n) is 7.43. The molecule has 2 rings (SSSR count). The molecule has 0 bridgehead atoms. The highest BCUT2D eigenvalue weighted by Gasteiger charge is 2.27. The number of carboxylic acids is 1. The van der Waals surface area contributed by atoms with Gasteiger partial charge >= 0.3 is 5.97 Å². The number of aromatic hydroxyl groups is 1. The lowest BCUT2D eigenvalue weighted by atomic mass is 9.96. The fourth-order valence-corrected chi connectivity index (χ4v) is 2.82. The second kappa shape index (κ2) is 3.53. The van der Waals surface area contributed by atoms with Crippen LogP contribution < -0.4 is 0 Å². The van der Waals surface area contributed by atoms with Gasteiger partial charge in [0.15, 0.2) is 0 Å². The fraction of sp³-hybridized carbons (Fsp3) is 0.300. The van der Waals surface area contributed by atoms with Crippen molar-refractivity contribution in [3.05, 3.63) is 23.8 Å². The van der Waals surface area contributed by atoms with Gasteiger partial charge in [0.1, 0.15) is 5.75 Å². The predicted octanol–water partition coefficient (Wildman–Crippen LogP) is 2.06. The minimum absolute atomic E-state index is 0.193. The Morgan fingerprint density at radius 3 is 3.00 bits per heavy atom. The van der Waals surface area contributed by atoms with Gasteiger partial charge < -0.3 is 10.2 Å². The minimum Gasteiger partial charge on any atom is -0.507 e. The number of aliphatic carboxylic acids is 1. The number of thioether (sulfide) groups is 1. The van der Waals surface area contributed by atoms with E-state index in [1.165, 1.54) is 11.8 Å². The van der Waals surface area contributed by atoms with E-state index in [4.69, 9.17) is 5.11 Å². The van der Waals surface area contributed by atoms with Crippen LogP contribution in [0.5, 0.6) is 5.75 Å². The van der Waals surface area contributed by atoms with Gasteiger partial charge in [-0.2, -0.15) is 0 Å². The van der Waals surface area contributed by atoms with Gasteiger partial charge in [-0.1, -0.05) is 12.1 Å². The zero-order valence-corrected chi connectivity index (χ0v) is 8.25. The fourth-order valence-electron chi connectivity index (χ4n) is 1.66. The van der Waals surface area contributed by atoms with Crippen molar-refractivity contribution in [2.75, 3.05) is 5.75 Å². The second-order valence-corrected chi connectivity index (χ2v) is 4.33. The van der Waals surface area contributed by atoms with Gasteiger partial charge in [-0.25, -0.2) is 0 Å². The molecule has 0 aliphatic carbocycles. The van der Waals surface area contributed by atoms with Crippen LogP contribution in [0.4, 0.5) is 0 Å². The summed E-state index contributed by atoms with van der Waals surface area (Å²) in [5.41, 5.74) is 0.744. The van der Waals surface area contributed by atoms with E-state index in [1.54, 1.807) is 18.2 Å². The van der Waals surface area contributed by atoms with E-state index in [1.807, 2.05) is 0 Å². The molecule has 4 heteroatoms. The highest BCUT2D eigenvalue weighted by Crippen LogP contribution is 2.42. The Kier molecular flexibility index (Phi) is 2.37. The second-order valence-electron chi connectivity index (χ2n) is 3.22. The molecule has 74 valence electrons. The van der Waals surface area contributed by atoms with Crippen LogP contribution in [0.2, 0.25) is 0 Å². The molecule has 1 atom stereocenters. The Morgan fingerprint density at radius 2 is 2.29 bits per heavy atom. The van der Waals surface area contributed by atoms with Crippen molar-refractivity contribution in [1.29, 1.82) is 0 Å². The molecule has 2 N–H and O–H groups in total. The first-order valence-electron chi connectivity index (χ1n) is 4.37. The first-order valence-corrected chi connectivity index (χ1v) is 5.36. The van der Waals surface area contributed by atoms with Crippen LogP contribution in [0.25, 0.3) is 0 Å². The van der Waals surface area contributed by atoms with Crippen molar-refractivity contribution < 1.29 is 15.0 Å². The van der Waals surface area contributed by atoms with Crippen LogP contribution in [-0.2, 0) is 4.79 Å². The largest absolute Gasteiger partial charge is 0.507 e. The van der Waals surface area contributed by atoms with Crippen molar-refractivity contribution in [3.63, 3.8) is 0 Å². The van der Waals surface area contributed by atoms with Gasteiger partial charge in [0, 0.05) is 0 Å². The van der Waals surface area contributed by atoms with Crippen LogP contribution in [-0.4, -0.2) is 21.9 Å². The number of fused-ring (bicyclic) bond motifs is 1. The third kappa shape index (κ3) is 1.46. The number of rotatable bonds is 1. The molecule has 3 nitrogen and oxygen atoms in total. The van der Waals surface area contributed by atoms with E-state index >= 15 is 0 Å². The highest BCUT2D eigenvalue weighted by molar-refractivity contribution is 7.99. The van der Waals surface area contributed by atoms with E-state index in [0.29, 0.717) is 6.42 Å². The van der Waals surface area contributed by atoms with E-state index in [9.17, 15) is 9.90 Å². The third-order valence-electron chi connectivity index (χ3n) is 2.35. The molecule has 1 aliphatic rings. The lowest BCUT2D eigenvalue weighted by Gasteiger charge is -2.22. The summed E-state index contributed by atoms with van der Waals surface area (Å²) >= 11 is 1.52.